The van der Waals surface area contributed by atoms with Crippen LogP contribution in [0.1, 0.15) is 11.1 Å². The van der Waals surface area contributed by atoms with Crippen LogP contribution in [-0.2, 0) is 16.2 Å². The molecule has 0 saturated heterocycles. The second-order valence-corrected chi connectivity index (χ2v) is 6.27. The fourth-order valence-electron chi connectivity index (χ4n) is 1.75. The Hall–Kier alpha value is -2.09. The first kappa shape index (κ1) is 16.3. The summed E-state index contributed by atoms with van der Waals surface area (Å²) in [6.07, 6.45) is -4.51. The van der Waals surface area contributed by atoms with Crippen LogP contribution in [0.2, 0.25) is 0 Å². The molecule has 0 atom stereocenters. The van der Waals surface area contributed by atoms with Gasteiger partial charge in [-0.25, -0.2) is 12.8 Å². The molecule has 0 aliphatic carbocycles. The van der Waals surface area contributed by atoms with E-state index in [0.29, 0.717) is 5.56 Å². The zero-order valence-corrected chi connectivity index (χ0v) is 12.1. The van der Waals surface area contributed by atoms with Crippen molar-refractivity contribution < 1.29 is 26.0 Å². The van der Waals surface area contributed by atoms with Gasteiger partial charge < -0.3 is 0 Å². The summed E-state index contributed by atoms with van der Waals surface area (Å²) in [4.78, 5) is -0.563. The number of anilines is 1. The van der Waals surface area contributed by atoms with E-state index in [9.17, 15) is 26.0 Å². The number of aryl methyl sites for hydroxylation is 1. The number of hydrogen-bond acceptors (Lipinski definition) is 2. The summed E-state index contributed by atoms with van der Waals surface area (Å²) < 4.78 is 77.1. The SMILES string of the molecule is Cc1ccc(F)c(S(=O)(=O)Nc2ccc(C(F)(F)F)cc2)c1. The number of sulfonamides is 1. The smallest absolute Gasteiger partial charge is 0.280 e. The molecule has 0 aliphatic rings. The van der Waals surface area contributed by atoms with E-state index in [1.807, 2.05) is 4.72 Å². The van der Waals surface area contributed by atoms with Crippen LogP contribution in [0.3, 0.4) is 0 Å². The molecule has 0 amide bonds. The van der Waals surface area contributed by atoms with E-state index < -0.39 is 32.5 Å². The van der Waals surface area contributed by atoms with Gasteiger partial charge in [0.05, 0.1) is 5.56 Å². The van der Waals surface area contributed by atoms with Crippen molar-refractivity contribution in [1.29, 1.82) is 0 Å². The summed E-state index contributed by atoms with van der Waals surface area (Å²) in [7, 11) is -4.22. The Labute approximate surface area is 124 Å². The molecule has 0 spiro atoms. The largest absolute Gasteiger partial charge is 0.416 e. The monoisotopic (exact) mass is 333 g/mol. The summed E-state index contributed by atoms with van der Waals surface area (Å²) in [5, 5.41) is 0. The molecule has 0 bridgehead atoms. The van der Waals surface area contributed by atoms with Crippen LogP contribution in [-0.4, -0.2) is 8.42 Å². The van der Waals surface area contributed by atoms with E-state index in [1.54, 1.807) is 6.92 Å². The van der Waals surface area contributed by atoms with Gasteiger partial charge in [0.15, 0.2) is 0 Å². The standard InChI is InChI=1S/C14H11F4NO2S/c1-9-2-7-12(15)13(8-9)22(20,21)19-11-5-3-10(4-6-11)14(16,17)18/h2-8,19H,1H3. The number of rotatable bonds is 3. The highest BCUT2D eigenvalue weighted by molar-refractivity contribution is 7.92. The third kappa shape index (κ3) is 3.56. The van der Waals surface area contributed by atoms with Gasteiger partial charge in [0.2, 0.25) is 0 Å². The number of hydrogen-bond donors (Lipinski definition) is 1. The van der Waals surface area contributed by atoms with Gasteiger partial charge in [0.25, 0.3) is 10.0 Å². The molecule has 118 valence electrons. The van der Waals surface area contributed by atoms with Crippen molar-refractivity contribution >= 4 is 15.7 Å². The lowest BCUT2D eigenvalue weighted by Crippen LogP contribution is -2.15. The van der Waals surface area contributed by atoms with E-state index >= 15 is 0 Å². The molecule has 2 rings (SSSR count). The third-order valence-corrected chi connectivity index (χ3v) is 4.24. The van der Waals surface area contributed by atoms with E-state index in [4.69, 9.17) is 0 Å². The molecule has 2 aromatic rings. The number of alkyl halides is 3. The lowest BCUT2D eigenvalue weighted by atomic mass is 10.2. The first-order chi connectivity index (χ1) is 10.1. The molecular weight excluding hydrogens is 322 g/mol. The maximum absolute atomic E-state index is 13.6. The topological polar surface area (TPSA) is 46.2 Å². The minimum absolute atomic E-state index is 0.0890. The first-order valence-corrected chi connectivity index (χ1v) is 7.54. The minimum atomic E-state index is -4.51. The van der Waals surface area contributed by atoms with Gasteiger partial charge in [-0.2, -0.15) is 13.2 Å². The van der Waals surface area contributed by atoms with E-state index in [2.05, 4.69) is 0 Å². The van der Waals surface area contributed by atoms with Crippen LogP contribution in [0, 0.1) is 12.7 Å². The van der Waals surface area contributed by atoms with Crippen LogP contribution >= 0.6 is 0 Å². The van der Waals surface area contributed by atoms with Crippen molar-refractivity contribution in [3.63, 3.8) is 0 Å². The Balaban J connectivity index is 2.31. The highest BCUT2D eigenvalue weighted by Gasteiger charge is 2.30. The van der Waals surface area contributed by atoms with Gasteiger partial charge in [0.1, 0.15) is 10.7 Å². The summed E-state index contributed by atoms with van der Waals surface area (Å²) in [5.41, 5.74) is -0.458. The quantitative estimate of drug-likeness (QED) is 0.865. The zero-order chi connectivity index (χ0) is 16.5. The first-order valence-electron chi connectivity index (χ1n) is 6.06. The van der Waals surface area contributed by atoms with E-state index in [1.165, 1.54) is 6.07 Å². The molecule has 0 aromatic heterocycles. The summed E-state index contributed by atoms with van der Waals surface area (Å²) in [6, 6.07) is 6.97. The molecule has 22 heavy (non-hydrogen) atoms. The predicted molar refractivity (Wildman–Crippen MR) is 73.4 cm³/mol. The van der Waals surface area contributed by atoms with E-state index in [0.717, 1.165) is 36.4 Å². The lowest BCUT2D eigenvalue weighted by Gasteiger charge is -2.11. The maximum atomic E-state index is 13.6. The van der Waals surface area contributed by atoms with Crippen LogP contribution in [0.25, 0.3) is 0 Å². The molecule has 0 saturated carbocycles. The van der Waals surface area contributed by atoms with Gasteiger partial charge in [-0.05, 0) is 48.9 Å². The third-order valence-electron chi connectivity index (χ3n) is 2.84. The summed E-state index contributed by atoms with van der Waals surface area (Å²) in [5.74, 6) is -0.940. The highest BCUT2D eigenvalue weighted by Crippen LogP contribution is 2.30. The zero-order valence-electron chi connectivity index (χ0n) is 11.3. The van der Waals surface area contributed by atoms with Gasteiger partial charge in [-0.15, -0.1) is 0 Å². The number of halogens is 4. The van der Waals surface area contributed by atoms with Crippen LogP contribution < -0.4 is 4.72 Å². The van der Waals surface area contributed by atoms with Crippen molar-refractivity contribution in [1.82, 2.24) is 0 Å². The molecule has 2 aromatic carbocycles. The molecule has 3 nitrogen and oxygen atoms in total. The maximum Gasteiger partial charge on any atom is 0.416 e. The molecule has 0 radical (unpaired) electrons. The van der Waals surface area contributed by atoms with E-state index in [-0.39, 0.29) is 5.69 Å². The summed E-state index contributed by atoms with van der Waals surface area (Å²) in [6.45, 7) is 1.59. The lowest BCUT2D eigenvalue weighted by molar-refractivity contribution is -0.137. The Morgan fingerprint density at radius 1 is 1.00 bits per heavy atom. The molecule has 8 heteroatoms. The molecule has 0 unspecified atom stereocenters. The average Bonchev–Trinajstić information content (AvgIpc) is 2.40. The Morgan fingerprint density at radius 2 is 1.59 bits per heavy atom. The highest BCUT2D eigenvalue weighted by atomic mass is 32.2. The van der Waals surface area contributed by atoms with Crippen molar-refractivity contribution in [3.05, 3.63) is 59.4 Å². The Bertz CT molecular complexity index is 783. The Morgan fingerprint density at radius 3 is 2.14 bits per heavy atom. The van der Waals surface area contributed by atoms with Crippen LogP contribution in [0.4, 0.5) is 23.2 Å². The Kier molecular flexibility index (Phi) is 4.15. The molecular formula is C14H11F4NO2S. The van der Waals surface area contributed by atoms with Crippen molar-refractivity contribution in [2.75, 3.05) is 4.72 Å². The second kappa shape index (κ2) is 5.60. The molecule has 0 aliphatic heterocycles. The minimum Gasteiger partial charge on any atom is -0.280 e. The van der Waals surface area contributed by atoms with Gasteiger partial charge in [-0.3, -0.25) is 4.72 Å². The number of nitrogens with one attached hydrogen (secondary N) is 1. The van der Waals surface area contributed by atoms with Gasteiger partial charge >= 0.3 is 6.18 Å². The second-order valence-electron chi connectivity index (χ2n) is 4.61. The predicted octanol–water partition coefficient (Wildman–Crippen LogP) is 3.95. The van der Waals surface area contributed by atoms with Crippen LogP contribution in [0.15, 0.2) is 47.4 Å². The normalized spacial score (nSPS) is 12.2. The van der Waals surface area contributed by atoms with Crippen LogP contribution in [0.5, 0.6) is 0 Å². The van der Waals surface area contributed by atoms with Crippen molar-refractivity contribution in [2.45, 2.75) is 18.0 Å². The molecule has 0 heterocycles. The fraction of sp³-hybridized carbons (Fsp3) is 0.143. The van der Waals surface area contributed by atoms with Gasteiger partial charge in [0, 0.05) is 5.69 Å². The van der Waals surface area contributed by atoms with Gasteiger partial charge in [-0.1, -0.05) is 6.07 Å². The fourth-order valence-corrected chi connectivity index (χ4v) is 2.98. The molecule has 1 N–H and O–H groups in total. The number of benzene rings is 2. The van der Waals surface area contributed by atoms with Crippen molar-refractivity contribution in [3.8, 4) is 0 Å². The van der Waals surface area contributed by atoms with Crippen molar-refractivity contribution in [2.24, 2.45) is 0 Å². The molecule has 0 fully saturated rings. The summed E-state index contributed by atoms with van der Waals surface area (Å²) >= 11 is 0. The average molecular weight is 333 g/mol.